The van der Waals surface area contributed by atoms with Gasteiger partial charge in [-0.3, -0.25) is 19.4 Å². The van der Waals surface area contributed by atoms with Crippen LogP contribution in [0.1, 0.15) is 11.1 Å². The van der Waals surface area contributed by atoms with Crippen LogP contribution in [0, 0.1) is 12.7 Å². The predicted octanol–water partition coefficient (Wildman–Crippen LogP) is 3.84. The Bertz CT molecular complexity index is 1200. The normalized spacial score (nSPS) is 12.8. The van der Waals surface area contributed by atoms with Crippen LogP contribution in [0.4, 0.5) is 26.2 Å². The van der Waals surface area contributed by atoms with Gasteiger partial charge in [0.25, 0.3) is 0 Å². The number of fused-ring (bicyclic) bond motifs is 1. The number of rotatable bonds is 5. The van der Waals surface area contributed by atoms with Crippen LogP contribution >= 0.6 is 0 Å². The van der Waals surface area contributed by atoms with Crippen molar-refractivity contribution in [2.75, 3.05) is 28.2 Å². The average molecular weight is 446 g/mol. The number of halogens is 1. The number of urea groups is 1. The van der Waals surface area contributed by atoms with E-state index in [1.807, 2.05) is 31.2 Å². The van der Waals surface area contributed by atoms with E-state index >= 15 is 0 Å². The van der Waals surface area contributed by atoms with Crippen LogP contribution in [0.3, 0.4) is 0 Å². The second-order valence-corrected chi connectivity index (χ2v) is 7.70. The molecule has 0 atom stereocenters. The van der Waals surface area contributed by atoms with Crippen molar-refractivity contribution >= 4 is 34.9 Å². The molecule has 8 heteroatoms. The highest BCUT2D eigenvalue weighted by atomic mass is 19.1. The van der Waals surface area contributed by atoms with E-state index in [2.05, 4.69) is 10.6 Å². The van der Waals surface area contributed by atoms with Crippen LogP contribution in [0.25, 0.3) is 0 Å². The van der Waals surface area contributed by atoms with Crippen molar-refractivity contribution in [1.29, 1.82) is 0 Å². The van der Waals surface area contributed by atoms with Gasteiger partial charge < -0.3 is 10.6 Å². The van der Waals surface area contributed by atoms with E-state index in [4.69, 9.17) is 0 Å². The monoisotopic (exact) mass is 446 g/mol. The molecule has 0 saturated heterocycles. The second kappa shape index (κ2) is 9.52. The minimum absolute atomic E-state index is 0.158. The quantitative estimate of drug-likeness (QED) is 0.625. The number of aryl methyl sites for hydroxylation is 1. The van der Waals surface area contributed by atoms with Crippen molar-refractivity contribution in [3.8, 4) is 0 Å². The first-order chi connectivity index (χ1) is 15.9. The van der Waals surface area contributed by atoms with Gasteiger partial charge in [-0.2, -0.15) is 0 Å². The SMILES string of the molecule is Cc1ccccc1CNC(=O)CN1C(=O)CN(C(=O)Nc2ccc(F)cc2)c2ccccc21. The summed E-state index contributed by atoms with van der Waals surface area (Å²) in [4.78, 5) is 41.1. The van der Waals surface area contributed by atoms with E-state index in [0.29, 0.717) is 23.6 Å². The van der Waals surface area contributed by atoms with Gasteiger partial charge in [0.15, 0.2) is 0 Å². The number of para-hydroxylation sites is 2. The van der Waals surface area contributed by atoms with E-state index in [0.717, 1.165) is 11.1 Å². The second-order valence-electron chi connectivity index (χ2n) is 7.70. The molecule has 2 N–H and O–H groups in total. The topological polar surface area (TPSA) is 81.8 Å². The molecule has 4 rings (SSSR count). The Labute approximate surface area is 190 Å². The van der Waals surface area contributed by atoms with E-state index in [1.54, 1.807) is 24.3 Å². The summed E-state index contributed by atoms with van der Waals surface area (Å²) in [5.74, 6) is -1.09. The van der Waals surface area contributed by atoms with Crippen LogP contribution in [0.2, 0.25) is 0 Å². The number of carbonyl (C=O) groups excluding carboxylic acids is 3. The van der Waals surface area contributed by atoms with E-state index in [-0.39, 0.29) is 24.9 Å². The first-order valence-corrected chi connectivity index (χ1v) is 10.5. The Hall–Kier alpha value is -4.20. The number of hydrogen-bond donors (Lipinski definition) is 2. The molecule has 0 fully saturated rings. The van der Waals surface area contributed by atoms with Gasteiger partial charge in [-0.15, -0.1) is 0 Å². The van der Waals surface area contributed by atoms with Crippen LogP contribution < -0.4 is 20.4 Å². The maximum Gasteiger partial charge on any atom is 0.326 e. The Morgan fingerprint density at radius 2 is 1.61 bits per heavy atom. The zero-order valence-electron chi connectivity index (χ0n) is 18.0. The zero-order chi connectivity index (χ0) is 23.4. The number of carbonyl (C=O) groups is 3. The fourth-order valence-corrected chi connectivity index (χ4v) is 3.64. The number of anilines is 3. The minimum atomic E-state index is -0.522. The molecule has 33 heavy (non-hydrogen) atoms. The van der Waals surface area contributed by atoms with Gasteiger partial charge >= 0.3 is 6.03 Å². The highest BCUT2D eigenvalue weighted by Crippen LogP contribution is 2.33. The Morgan fingerprint density at radius 1 is 0.939 bits per heavy atom. The summed E-state index contributed by atoms with van der Waals surface area (Å²) >= 11 is 0. The van der Waals surface area contributed by atoms with Gasteiger partial charge in [-0.1, -0.05) is 36.4 Å². The van der Waals surface area contributed by atoms with E-state index in [9.17, 15) is 18.8 Å². The van der Waals surface area contributed by atoms with Gasteiger partial charge in [-0.25, -0.2) is 9.18 Å². The lowest BCUT2D eigenvalue weighted by Gasteiger charge is -2.35. The Balaban J connectivity index is 1.48. The summed E-state index contributed by atoms with van der Waals surface area (Å²) in [5.41, 5.74) is 3.45. The third kappa shape index (κ3) is 5.01. The molecule has 1 heterocycles. The molecule has 0 saturated carbocycles. The fraction of sp³-hybridized carbons (Fsp3) is 0.160. The molecule has 1 aliphatic rings. The summed E-state index contributed by atoms with van der Waals surface area (Å²) in [6, 6.07) is 19.5. The molecule has 1 aliphatic heterocycles. The highest BCUT2D eigenvalue weighted by molar-refractivity contribution is 6.15. The largest absolute Gasteiger partial charge is 0.350 e. The third-order valence-corrected chi connectivity index (χ3v) is 5.44. The number of nitrogens with one attached hydrogen (secondary N) is 2. The fourth-order valence-electron chi connectivity index (χ4n) is 3.64. The van der Waals surface area contributed by atoms with Crippen molar-refractivity contribution < 1.29 is 18.8 Å². The maximum absolute atomic E-state index is 13.1. The van der Waals surface area contributed by atoms with Crippen LogP contribution in [-0.2, 0) is 16.1 Å². The maximum atomic E-state index is 13.1. The van der Waals surface area contributed by atoms with E-state index < -0.39 is 11.8 Å². The van der Waals surface area contributed by atoms with Gasteiger partial charge in [0.2, 0.25) is 11.8 Å². The molecule has 0 spiro atoms. The average Bonchev–Trinajstić information content (AvgIpc) is 2.81. The first kappa shape index (κ1) is 22.0. The van der Waals surface area contributed by atoms with Crippen molar-refractivity contribution in [3.05, 3.63) is 89.7 Å². The summed E-state index contributed by atoms with van der Waals surface area (Å²) in [6.07, 6.45) is 0. The summed E-state index contributed by atoms with van der Waals surface area (Å²) in [6.45, 7) is 1.95. The molecule has 3 aromatic rings. The van der Waals surface area contributed by atoms with Gasteiger partial charge in [-0.05, 0) is 54.4 Å². The van der Waals surface area contributed by atoms with Crippen LogP contribution in [0.5, 0.6) is 0 Å². The molecule has 3 aromatic carbocycles. The summed E-state index contributed by atoms with van der Waals surface area (Å²) in [5, 5.41) is 5.52. The zero-order valence-corrected chi connectivity index (χ0v) is 18.0. The lowest BCUT2D eigenvalue weighted by Crippen LogP contribution is -2.52. The van der Waals surface area contributed by atoms with Crippen molar-refractivity contribution in [1.82, 2.24) is 5.32 Å². The molecule has 0 aromatic heterocycles. The van der Waals surface area contributed by atoms with E-state index in [1.165, 1.54) is 34.1 Å². The van der Waals surface area contributed by atoms with Crippen LogP contribution in [0.15, 0.2) is 72.8 Å². The number of amides is 4. The molecule has 7 nitrogen and oxygen atoms in total. The number of hydrogen-bond acceptors (Lipinski definition) is 3. The molecular formula is C25H23FN4O3. The minimum Gasteiger partial charge on any atom is -0.350 e. The molecular weight excluding hydrogens is 423 g/mol. The molecule has 168 valence electrons. The highest BCUT2D eigenvalue weighted by Gasteiger charge is 2.33. The Morgan fingerprint density at radius 3 is 2.33 bits per heavy atom. The number of nitrogens with zero attached hydrogens (tertiary/aromatic N) is 2. The van der Waals surface area contributed by atoms with Gasteiger partial charge in [0.1, 0.15) is 18.9 Å². The Kier molecular flexibility index (Phi) is 6.35. The van der Waals surface area contributed by atoms with Crippen molar-refractivity contribution in [3.63, 3.8) is 0 Å². The van der Waals surface area contributed by atoms with Gasteiger partial charge in [0.05, 0.1) is 11.4 Å². The molecule has 0 radical (unpaired) electrons. The molecule has 4 amide bonds. The summed E-state index contributed by atoms with van der Waals surface area (Å²) < 4.78 is 13.1. The molecule has 0 aliphatic carbocycles. The molecule has 0 unspecified atom stereocenters. The third-order valence-electron chi connectivity index (χ3n) is 5.44. The smallest absolute Gasteiger partial charge is 0.326 e. The predicted molar refractivity (Wildman–Crippen MR) is 125 cm³/mol. The standard InChI is InChI=1S/C25H23FN4O3/c1-17-6-2-3-7-18(17)14-27-23(31)15-29-21-8-4-5-9-22(21)30(16-24(29)32)25(33)28-20-12-10-19(26)11-13-20/h2-13H,14-16H2,1H3,(H,27,31)(H,28,33). The first-order valence-electron chi connectivity index (χ1n) is 10.5. The van der Waals surface area contributed by atoms with Crippen molar-refractivity contribution in [2.24, 2.45) is 0 Å². The summed E-state index contributed by atoms with van der Waals surface area (Å²) in [7, 11) is 0. The molecule has 0 bridgehead atoms. The lowest BCUT2D eigenvalue weighted by atomic mass is 10.1. The number of benzene rings is 3. The van der Waals surface area contributed by atoms with Crippen LogP contribution in [-0.4, -0.2) is 30.9 Å². The lowest BCUT2D eigenvalue weighted by molar-refractivity contribution is -0.123. The van der Waals surface area contributed by atoms with Crippen molar-refractivity contribution in [2.45, 2.75) is 13.5 Å². The van der Waals surface area contributed by atoms with Gasteiger partial charge in [0, 0.05) is 12.2 Å².